The fraction of sp³-hybridized carbons (Fsp3) is 0. The third-order valence-electron chi connectivity index (χ3n) is 13.4. The number of hydrogen-bond acceptors (Lipinski definition) is 4. The monoisotopic (exact) mass is 840 g/mol. The molecule has 0 radical (unpaired) electrons. The highest BCUT2D eigenvalue weighted by Gasteiger charge is 2.26. The van der Waals surface area contributed by atoms with Crippen molar-refractivity contribution in [1.29, 1.82) is 0 Å². The van der Waals surface area contributed by atoms with Gasteiger partial charge in [-0.2, -0.15) is 0 Å². The minimum absolute atomic E-state index is 0.524. The van der Waals surface area contributed by atoms with Gasteiger partial charge in [0.25, 0.3) is 0 Å². The van der Waals surface area contributed by atoms with Crippen LogP contribution in [0.25, 0.3) is 138 Å². The van der Waals surface area contributed by atoms with Gasteiger partial charge in [0.1, 0.15) is 11.2 Å². The number of rotatable bonds is 5. The first-order valence-electron chi connectivity index (χ1n) is 22.3. The van der Waals surface area contributed by atoms with Gasteiger partial charge < -0.3 is 8.98 Å². The van der Waals surface area contributed by atoms with Gasteiger partial charge in [0, 0.05) is 32.7 Å². The van der Waals surface area contributed by atoms with E-state index < -0.39 is 0 Å². The van der Waals surface area contributed by atoms with E-state index in [2.05, 4.69) is 217 Å². The van der Waals surface area contributed by atoms with E-state index in [0.29, 0.717) is 17.5 Å². The van der Waals surface area contributed by atoms with E-state index in [1.165, 1.54) is 21.5 Å². The summed E-state index contributed by atoms with van der Waals surface area (Å²) in [5.74, 6) is 1.68. The van der Waals surface area contributed by atoms with Crippen LogP contribution in [0.4, 0.5) is 0 Å². The van der Waals surface area contributed by atoms with Crippen molar-refractivity contribution in [1.82, 2.24) is 19.5 Å². The van der Waals surface area contributed by atoms with Gasteiger partial charge in [0.2, 0.25) is 0 Å². The summed E-state index contributed by atoms with van der Waals surface area (Å²) in [6.07, 6.45) is 0. The van der Waals surface area contributed by atoms with Crippen molar-refractivity contribution in [3.63, 3.8) is 0 Å². The summed E-state index contributed by atoms with van der Waals surface area (Å²) in [5.41, 5.74) is 9.46. The molecule has 0 saturated heterocycles. The van der Waals surface area contributed by atoms with Crippen LogP contribution in [0, 0.1) is 0 Å². The Morgan fingerprint density at radius 1 is 0.318 bits per heavy atom. The quantitative estimate of drug-likeness (QED) is 0.173. The van der Waals surface area contributed by atoms with Crippen LogP contribution < -0.4 is 0 Å². The van der Waals surface area contributed by atoms with E-state index in [1.807, 2.05) is 6.07 Å². The van der Waals surface area contributed by atoms with Gasteiger partial charge in [0.15, 0.2) is 17.5 Å². The highest BCUT2D eigenvalue weighted by Crippen LogP contribution is 2.45. The van der Waals surface area contributed by atoms with Gasteiger partial charge in [-0.1, -0.05) is 170 Å². The predicted octanol–water partition coefficient (Wildman–Crippen LogP) is 16.1. The molecule has 0 bridgehead atoms. The SMILES string of the molecule is c1ccc(-c2ccc(-c3nc(-c4ccc5ccccc5c4)nc(-c4c(-n5c6cc7ccccc7cc6c6cc7ccccc7cc65)ccc5c4oc4ccc6ccccc6c45)n3)cc2)cc1. The molecule has 11 aromatic carbocycles. The summed E-state index contributed by atoms with van der Waals surface area (Å²) in [6.45, 7) is 0. The van der Waals surface area contributed by atoms with Gasteiger partial charge in [0.05, 0.1) is 22.3 Å². The second kappa shape index (κ2) is 14.3. The van der Waals surface area contributed by atoms with Crippen LogP contribution in [0.1, 0.15) is 0 Å². The second-order valence-electron chi connectivity index (χ2n) is 17.2. The lowest BCUT2D eigenvalue weighted by Crippen LogP contribution is -2.04. The first-order valence-corrected chi connectivity index (χ1v) is 22.3. The fourth-order valence-electron chi connectivity index (χ4n) is 10.2. The Morgan fingerprint density at radius 2 is 0.818 bits per heavy atom. The maximum absolute atomic E-state index is 7.15. The van der Waals surface area contributed by atoms with Crippen molar-refractivity contribution in [3.8, 4) is 51.0 Å². The molecule has 306 valence electrons. The number of aromatic nitrogens is 4. The van der Waals surface area contributed by atoms with Crippen molar-refractivity contribution in [3.05, 3.63) is 218 Å². The van der Waals surface area contributed by atoms with E-state index in [0.717, 1.165) is 98.8 Å². The number of nitrogens with zero attached hydrogens (tertiary/aromatic N) is 4. The van der Waals surface area contributed by atoms with Gasteiger partial charge in [-0.15, -0.1) is 0 Å². The fourth-order valence-corrected chi connectivity index (χ4v) is 10.2. The lowest BCUT2D eigenvalue weighted by molar-refractivity contribution is 0.669. The molecule has 14 rings (SSSR count). The topological polar surface area (TPSA) is 56.7 Å². The zero-order valence-corrected chi connectivity index (χ0v) is 35.5. The van der Waals surface area contributed by atoms with Gasteiger partial charge >= 0.3 is 0 Å². The average molecular weight is 841 g/mol. The van der Waals surface area contributed by atoms with Crippen LogP contribution in [0.5, 0.6) is 0 Å². The molecule has 5 heteroatoms. The summed E-state index contributed by atoms with van der Waals surface area (Å²) in [7, 11) is 0. The van der Waals surface area contributed by atoms with E-state index in [4.69, 9.17) is 19.4 Å². The van der Waals surface area contributed by atoms with Crippen LogP contribution >= 0.6 is 0 Å². The number of fused-ring (bicyclic) bond motifs is 11. The zero-order valence-electron chi connectivity index (χ0n) is 35.5. The zero-order chi connectivity index (χ0) is 43.3. The van der Waals surface area contributed by atoms with Crippen molar-refractivity contribution < 1.29 is 4.42 Å². The standard InChI is InChI=1S/C61H36N4O/c1-2-12-37(13-3-1)39-22-25-41(26-23-39)59-62-60(47-27-24-38-14-4-5-16-42(38)32-47)64-61(63-59)57-52(30-29-49-56-48-21-11-10-15-40(48)28-31-55(56)66-58(49)57)65-53-35-45-19-8-6-17-43(45)33-50(53)51-34-44-18-7-9-20-46(44)36-54(51)65/h1-36H. The summed E-state index contributed by atoms with van der Waals surface area (Å²) in [6, 6.07) is 77.6. The smallest absolute Gasteiger partial charge is 0.170 e. The lowest BCUT2D eigenvalue weighted by atomic mass is 10.0. The Bertz CT molecular complexity index is 4190. The van der Waals surface area contributed by atoms with E-state index in [9.17, 15) is 0 Å². The summed E-state index contributed by atoms with van der Waals surface area (Å²) < 4.78 is 9.55. The molecule has 0 saturated carbocycles. The summed E-state index contributed by atoms with van der Waals surface area (Å²) in [5, 5.41) is 13.7. The molecule has 0 unspecified atom stereocenters. The third-order valence-corrected chi connectivity index (χ3v) is 13.4. The van der Waals surface area contributed by atoms with E-state index >= 15 is 0 Å². The van der Waals surface area contributed by atoms with Crippen molar-refractivity contribution in [2.24, 2.45) is 0 Å². The van der Waals surface area contributed by atoms with Crippen LogP contribution in [0.15, 0.2) is 223 Å². The van der Waals surface area contributed by atoms with Crippen molar-refractivity contribution >= 4 is 86.8 Å². The first-order chi connectivity index (χ1) is 32.7. The van der Waals surface area contributed by atoms with Gasteiger partial charge in [-0.05, 0) is 103 Å². The highest BCUT2D eigenvalue weighted by atomic mass is 16.3. The molecule has 0 fully saturated rings. The molecule has 0 aliphatic carbocycles. The van der Waals surface area contributed by atoms with Crippen LogP contribution in [-0.2, 0) is 0 Å². The second-order valence-corrected chi connectivity index (χ2v) is 17.2. The molecule has 0 N–H and O–H groups in total. The van der Waals surface area contributed by atoms with Gasteiger partial charge in [-0.25, -0.2) is 15.0 Å². The summed E-state index contributed by atoms with van der Waals surface area (Å²) in [4.78, 5) is 16.2. The molecular formula is C61H36N4O. The van der Waals surface area contributed by atoms with Crippen molar-refractivity contribution in [2.75, 3.05) is 0 Å². The maximum Gasteiger partial charge on any atom is 0.170 e. The Balaban J connectivity index is 1.12. The Morgan fingerprint density at radius 3 is 1.50 bits per heavy atom. The molecule has 0 spiro atoms. The largest absolute Gasteiger partial charge is 0.455 e. The van der Waals surface area contributed by atoms with Crippen LogP contribution in [-0.4, -0.2) is 19.5 Å². The van der Waals surface area contributed by atoms with Crippen molar-refractivity contribution in [2.45, 2.75) is 0 Å². The molecule has 3 heterocycles. The number of furan rings is 1. The van der Waals surface area contributed by atoms with E-state index in [-0.39, 0.29) is 0 Å². The lowest BCUT2D eigenvalue weighted by Gasteiger charge is -2.16. The molecule has 0 aliphatic rings. The van der Waals surface area contributed by atoms with Crippen LogP contribution in [0.3, 0.4) is 0 Å². The summed E-state index contributed by atoms with van der Waals surface area (Å²) >= 11 is 0. The molecule has 14 aromatic rings. The predicted molar refractivity (Wildman–Crippen MR) is 273 cm³/mol. The number of benzene rings is 11. The highest BCUT2D eigenvalue weighted by molar-refractivity contribution is 6.22. The Hall–Kier alpha value is -8.93. The first kappa shape index (κ1) is 36.5. The van der Waals surface area contributed by atoms with Crippen LogP contribution in [0.2, 0.25) is 0 Å². The molecule has 5 nitrogen and oxygen atoms in total. The molecule has 0 aliphatic heterocycles. The molecular weight excluding hydrogens is 805 g/mol. The average Bonchev–Trinajstić information content (AvgIpc) is 3.92. The van der Waals surface area contributed by atoms with E-state index in [1.54, 1.807) is 0 Å². The maximum atomic E-state index is 7.15. The van der Waals surface area contributed by atoms with Gasteiger partial charge in [-0.3, -0.25) is 0 Å². The normalized spacial score (nSPS) is 11.9. The minimum atomic E-state index is 0.524. The Kier molecular flexibility index (Phi) is 7.91. The number of hydrogen-bond donors (Lipinski definition) is 0. The molecule has 0 atom stereocenters. The molecule has 3 aromatic heterocycles. The molecule has 0 amide bonds. The Labute approximate surface area is 378 Å². The minimum Gasteiger partial charge on any atom is -0.455 e. The molecule has 66 heavy (non-hydrogen) atoms. The third kappa shape index (κ3) is 5.70.